The van der Waals surface area contributed by atoms with E-state index < -0.39 is 6.04 Å². The number of hydrogen-bond acceptors (Lipinski definition) is 7. The molecule has 6 nitrogen and oxygen atoms in total. The maximum Gasteiger partial charge on any atom is 0.103 e. The minimum Gasteiger partial charge on any atom is -0.370 e. The van der Waals surface area contributed by atoms with Gasteiger partial charge in [0, 0.05) is 45.3 Å². The number of rotatable bonds is 3. The number of ether oxygens (including phenoxy) is 3. The van der Waals surface area contributed by atoms with Gasteiger partial charge in [-0.1, -0.05) is 11.8 Å². The molecule has 8 heteroatoms. The van der Waals surface area contributed by atoms with Gasteiger partial charge in [0.1, 0.15) is 17.5 Å². The minimum absolute atomic E-state index is 0.0565. The molecule has 0 saturated carbocycles. The first-order valence-electron chi connectivity index (χ1n) is 7.38. The summed E-state index contributed by atoms with van der Waals surface area (Å²) in [6.45, 7) is 7.33. The molecule has 3 aliphatic heterocycles. The monoisotopic (exact) mass is 321 g/mol. The quantitative estimate of drug-likeness (QED) is 0.594. The summed E-state index contributed by atoms with van der Waals surface area (Å²) >= 11 is 6.18. The van der Waals surface area contributed by atoms with Crippen molar-refractivity contribution in [2.45, 2.75) is 17.5 Å². The Morgan fingerprint density at radius 2 is 1.05 bits per heavy atom. The zero-order chi connectivity index (χ0) is 13.8. The number of hydrogen-bond donors (Lipinski definition) is 3. The smallest absolute Gasteiger partial charge is 0.103 e. The summed E-state index contributed by atoms with van der Waals surface area (Å²) in [4.78, 5) is 0. The van der Waals surface area contributed by atoms with E-state index in [1.807, 2.05) is 0 Å². The summed E-state index contributed by atoms with van der Waals surface area (Å²) in [5.41, 5.74) is 0. The van der Waals surface area contributed by atoms with E-state index in [0.717, 1.165) is 59.1 Å². The third-order valence-corrected chi connectivity index (χ3v) is 9.89. The fraction of sp³-hybridized carbons (Fsp3) is 1.00. The van der Waals surface area contributed by atoms with Gasteiger partial charge in [0.2, 0.25) is 0 Å². The predicted molar refractivity (Wildman–Crippen MR) is 82.1 cm³/mol. The van der Waals surface area contributed by atoms with Crippen molar-refractivity contribution in [3.05, 3.63) is 0 Å². The molecule has 3 atom stereocenters. The molecule has 116 valence electrons. The van der Waals surface area contributed by atoms with Crippen LogP contribution in [0.1, 0.15) is 0 Å². The SMILES string of the molecule is S=P(C1CNCCO1)(C1CNCCO1)C1CNCCO1. The van der Waals surface area contributed by atoms with Crippen LogP contribution in [-0.4, -0.2) is 76.6 Å². The molecule has 0 bridgehead atoms. The molecule has 3 N–H and O–H groups in total. The van der Waals surface area contributed by atoms with Gasteiger partial charge in [-0.25, -0.2) is 0 Å². The topological polar surface area (TPSA) is 63.8 Å². The van der Waals surface area contributed by atoms with E-state index in [9.17, 15) is 0 Å². The molecule has 3 fully saturated rings. The molecule has 3 unspecified atom stereocenters. The molecule has 3 heterocycles. The van der Waals surface area contributed by atoms with Crippen LogP contribution in [0.25, 0.3) is 0 Å². The molecule has 20 heavy (non-hydrogen) atoms. The van der Waals surface area contributed by atoms with Crippen molar-refractivity contribution < 1.29 is 14.2 Å². The first-order chi connectivity index (χ1) is 9.82. The molecule has 3 aliphatic rings. The largest absolute Gasteiger partial charge is 0.370 e. The lowest BCUT2D eigenvalue weighted by Gasteiger charge is -2.45. The number of morpholine rings is 3. The summed E-state index contributed by atoms with van der Waals surface area (Å²) in [6.07, 6.45) is 0. The Bertz CT molecular complexity index is 304. The van der Waals surface area contributed by atoms with Gasteiger partial charge >= 0.3 is 0 Å². The van der Waals surface area contributed by atoms with E-state index in [2.05, 4.69) is 16.0 Å². The fourth-order valence-corrected chi connectivity index (χ4v) is 7.58. The van der Waals surface area contributed by atoms with Gasteiger partial charge in [0.25, 0.3) is 0 Å². The van der Waals surface area contributed by atoms with E-state index in [4.69, 9.17) is 26.0 Å². The van der Waals surface area contributed by atoms with Crippen molar-refractivity contribution in [3.63, 3.8) is 0 Å². The maximum absolute atomic E-state index is 6.18. The standard InChI is InChI=1S/C12H24N3O3PS/c20-19(10-7-13-1-4-16-10,11-8-14-2-5-17-11)12-9-15-3-6-18-12/h10-15H,1-9H2. The molecule has 0 aromatic rings. The van der Waals surface area contributed by atoms with Gasteiger partial charge in [0.15, 0.2) is 0 Å². The maximum atomic E-state index is 6.18. The molecule has 0 radical (unpaired) electrons. The highest BCUT2D eigenvalue weighted by molar-refractivity contribution is 8.15. The van der Waals surface area contributed by atoms with Gasteiger partial charge < -0.3 is 30.2 Å². The van der Waals surface area contributed by atoms with Crippen LogP contribution in [0.2, 0.25) is 0 Å². The highest BCUT2D eigenvalue weighted by Crippen LogP contribution is 2.61. The molecule has 0 aromatic heterocycles. The molecular formula is C12H24N3O3PS. The lowest BCUT2D eigenvalue weighted by atomic mass is 10.5. The fourth-order valence-electron chi connectivity index (χ4n) is 2.99. The van der Waals surface area contributed by atoms with Crippen LogP contribution in [0.4, 0.5) is 0 Å². The molecule has 0 spiro atoms. The Kier molecular flexibility index (Phi) is 5.45. The van der Waals surface area contributed by atoms with E-state index in [-0.39, 0.29) is 17.5 Å². The zero-order valence-corrected chi connectivity index (χ0v) is 13.4. The summed E-state index contributed by atoms with van der Waals surface area (Å²) in [7, 11) is 0. The molecule has 3 saturated heterocycles. The van der Waals surface area contributed by atoms with Crippen LogP contribution >= 0.6 is 6.04 Å². The van der Waals surface area contributed by atoms with Crippen molar-refractivity contribution in [2.75, 3.05) is 59.1 Å². The number of nitrogens with one attached hydrogen (secondary N) is 3. The second-order valence-corrected chi connectivity index (χ2v) is 10.5. The molecule has 0 aliphatic carbocycles. The first-order valence-corrected chi connectivity index (χ1v) is 10.4. The van der Waals surface area contributed by atoms with Crippen LogP contribution in [0, 0.1) is 0 Å². The van der Waals surface area contributed by atoms with Crippen LogP contribution in [-0.2, 0) is 26.0 Å². The van der Waals surface area contributed by atoms with E-state index in [1.54, 1.807) is 0 Å². The van der Waals surface area contributed by atoms with Gasteiger partial charge in [0.05, 0.1) is 19.8 Å². The Balaban J connectivity index is 1.81. The van der Waals surface area contributed by atoms with E-state index >= 15 is 0 Å². The average Bonchev–Trinajstić information content (AvgIpc) is 2.56. The highest BCUT2D eigenvalue weighted by Gasteiger charge is 2.46. The van der Waals surface area contributed by atoms with Gasteiger partial charge in [-0.2, -0.15) is 0 Å². The second kappa shape index (κ2) is 7.11. The molecule has 0 amide bonds. The van der Waals surface area contributed by atoms with Crippen LogP contribution in [0.5, 0.6) is 0 Å². The van der Waals surface area contributed by atoms with Crippen molar-refractivity contribution in [2.24, 2.45) is 0 Å². The van der Waals surface area contributed by atoms with Crippen LogP contribution in [0.15, 0.2) is 0 Å². The van der Waals surface area contributed by atoms with Crippen molar-refractivity contribution in [3.8, 4) is 0 Å². The van der Waals surface area contributed by atoms with E-state index in [0.29, 0.717) is 0 Å². The van der Waals surface area contributed by atoms with Crippen molar-refractivity contribution >= 4 is 17.8 Å². The summed E-state index contributed by atoms with van der Waals surface area (Å²) in [5.74, 6) is 0.170. The molecular weight excluding hydrogens is 297 g/mol. The van der Waals surface area contributed by atoms with E-state index in [1.165, 1.54) is 0 Å². The van der Waals surface area contributed by atoms with Crippen LogP contribution in [0.3, 0.4) is 0 Å². The normalized spacial score (nSPS) is 39.1. The van der Waals surface area contributed by atoms with Crippen molar-refractivity contribution in [1.82, 2.24) is 16.0 Å². The predicted octanol–water partition coefficient (Wildman–Crippen LogP) is -0.696. The lowest BCUT2D eigenvalue weighted by Crippen LogP contribution is -2.50. The van der Waals surface area contributed by atoms with Gasteiger partial charge in [-0.3, -0.25) is 0 Å². The summed E-state index contributed by atoms with van der Waals surface area (Å²) in [5, 5.41) is 10.2. The third kappa shape index (κ3) is 3.10. The third-order valence-electron chi connectivity index (χ3n) is 4.07. The Morgan fingerprint density at radius 1 is 0.700 bits per heavy atom. The summed E-state index contributed by atoms with van der Waals surface area (Å²) in [6, 6.07) is -1.97. The Morgan fingerprint density at radius 3 is 1.30 bits per heavy atom. The minimum atomic E-state index is -1.97. The Labute approximate surface area is 125 Å². The first kappa shape index (κ1) is 15.3. The Hall–Kier alpha value is 0.410. The summed E-state index contributed by atoms with van der Waals surface area (Å²) < 4.78 is 18.1. The lowest BCUT2D eigenvalue weighted by molar-refractivity contribution is 0.0348. The van der Waals surface area contributed by atoms with Crippen molar-refractivity contribution in [1.29, 1.82) is 0 Å². The molecule has 3 rings (SSSR count). The van der Waals surface area contributed by atoms with Gasteiger partial charge in [-0.05, 0) is 0 Å². The van der Waals surface area contributed by atoms with Crippen LogP contribution < -0.4 is 16.0 Å². The van der Waals surface area contributed by atoms with Gasteiger partial charge in [-0.15, -0.1) is 0 Å². The average molecular weight is 321 g/mol. The second-order valence-electron chi connectivity index (χ2n) is 5.35. The zero-order valence-electron chi connectivity index (χ0n) is 11.7. The molecule has 0 aromatic carbocycles. The highest BCUT2D eigenvalue weighted by atomic mass is 32.4.